The summed E-state index contributed by atoms with van der Waals surface area (Å²) in [7, 11) is 3.55. The van der Waals surface area contributed by atoms with Gasteiger partial charge in [-0.15, -0.1) is 10.2 Å². The van der Waals surface area contributed by atoms with Gasteiger partial charge in [-0.1, -0.05) is 43.2 Å². The zero-order chi connectivity index (χ0) is 21.1. The number of rotatable bonds is 7. The maximum absolute atomic E-state index is 12.7. The number of carbonyl (C=O) groups is 1. The number of hydrogen-bond donors (Lipinski definition) is 0. The van der Waals surface area contributed by atoms with Crippen LogP contribution in [-0.4, -0.2) is 51.5 Å². The van der Waals surface area contributed by atoms with Crippen molar-refractivity contribution in [1.29, 1.82) is 0 Å². The molecule has 160 valence electrons. The van der Waals surface area contributed by atoms with E-state index in [-0.39, 0.29) is 5.91 Å². The fraction of sp³-hybridized carbons (Fsp3) is 0.500. The summed E-state index contributed by atoms with van der Waals surface area (Å²) in [5, 5.41) is 10.4. The molecule has 0 N–H and O–H groups in total. The van der Waals surface area contributed by atoms with Gasteiger partial charge < -0.3 is 14.1 Å². The van der Waals surface area contributed by atoms with Crippen LogP contribution in [0.25, 0.3) is 22.6 Å². The lowest BCUT2D eigenvalue weighted by Crippen LogP contribution is -2.39. The number of hydrogen-bond acceptors (Lipinski definition) is 6. The van der Waals surface area contributed by atoms with Crippen molar-refractivity contribution in [2.45, 2.75) is 56.8 Å². The van der Waals surface area contributed by atoms with Gasteiger partial charge in [-0.05, 0) is 31.9 Å². The first-order chi connectivity index (χ1) is 14.6. The Morgan fingerprint density at radius 3 is 2.83 bits per heavy atom. The lowest BCUT2D eigenvalue weighted by atomic mass is 9.94. The van der Waals surface area contributed by atoms with Crippen molar-refractivity contribution in [1.82, 2.24) is 19.7 Å². The first kappa shape index (κ1) is 20.8. The summed E-state index contributed by atoms with van der Waals surface area (Å²) < 4.78 is 13.4. The highest BCUT2D eigenvalue weighted by atomic mass is 32.2. The first-order valence-corrected chi connectivity index (χ1v) is 11.5. The summed E-state index contributed by atoms with van der Waals surface area (Å²) in [5.41, 5.74) is 0.694. The number of benzene rings is 1. The molecule has 3 aromatic rings. The van der Waals surface area contributed by atoms with Crippen LogP contribution in [0.4, 0.5) is 0 Å². The fourth-order valence-corrected chi connectivity index (χ4v) is 5.00. The van der Waals surface area contributed by atoms with Gasteiger partial charge in [0, 0.05) is 25.0 Å². The number of amides is 1. The standard InChI is InChI=1S/C22H28N4O3S/c1-4-26-21(18-13-15-9-8-12-17(28-3)20(15)29-18)23-24-22(26)30-14-19(27)25(2)16-10-6-5-7-11-16/h8-9,12-13,16H,4-7,10-11,14H2,1-3H3. The molecule has 1 saturated carbocycles. The van der Waals surface area contributed by atoms with E-state index >= 15 is 0 Å². The second kappa shape index (κ2) is 9.12. The number of fused-ring (bicyclic) bond motifs is 1. The SMILES string of the molecule is CCn1c(SCC(=O)N(C)C2CCCCC2)nnc1-c1cc2cccc(OC)c2o1. The lowest BCUT2D eigenvalue weighted by molar-refractivity contribution is -0.129. The Kier molecular flexibility index (Phi) is 6.32. The highest BCUT2D eigenvalue weighted by Crippen LogP contribution is 2.34. The summed E-state index contributed by atoms with van der Waals surface area (Å²) in [6.45, 7) is 2.72. The third-order valence-corrected chi connectivity index (χ3v) is 6.77. The number of carbonyl (C=O) groups excluding carboxylic acids is 1. The normalized spacial score (nSPS) is 14.9. The molecule has 1 aromatic carbocycles. The molecule has 2 aromatic heterocycles. The summed E-state index contributed by atoms with van der Waals surface area (Å²) in [6.07, 6.45) is 5.93. The van der Waals surface area contributed by atoms with Crippen molar-refractivity contribution >= 4 is 28.6 Å². The predicted molar refractivity (Wildman–Crippen MR) is 118 cm³/mol. The third kappa shape index (κ3) is 4.05. The molecule has 4 rings (SSSR count). The summed E-state index contributed by atoms with van der Waals surface area (Å²) in [4.78, 5) is 14.6. The van der Waals surface area contributed by atoms with E-state index < -0.39 is 0 Å². The van der Waals surface area contributed by atoms with Gasteiger partial charge in [0.05, 0.1) is 12.9 Å². The Balaban J connectivity index is 1.50. The quantitative estimate of drug-likeness (QED) is 0.512. The zero-order valence-corrected chi connectivity index (χ0v) is 18.6. The number of para-hydroxylation sites is 1. The molecule has 1 fully saturated rings. The van der Waals surface area contributed by atoms with Gasteiger partial charge in [-0.25, -0.2) is 0 Å². The molecule has 0 radical (unpaired) electrons. The van der Waals surface area contributed by atoms with Crippen molar-refractivity contribution in [3.05, 3.63) is 24.3 Å². The number of thioether (sulfide) groups is 1. The van der Waals surface area contributed by atoms with Crippen molar-refractivity contribution < 1.29 is 13.9 Å². The maximum atomic E-state index is 12.7. The van der Waals surface area contributed by atoms with Crippen molar-refractivity contribution in [2.75, 3.05) is 19.9 Å². The molecular weight excluding hydrogens is 400 g/mol. The van der Waals surface area contributed by atoms with E-state index in [0.717, 1.165) is 23.4 Å². The number of methoxy groups -OCH3 is 1. The first-order valence-electron chi connectivity index (χ1n) is 10.5. The van der Waals surface area contributed by atoms with Crippen molar-refractivity contribution in [2.24, 2.45) is 0 Å². The minimum absolute atomic E-state index is 0.146. The molecule has 8 heteroatoms. The summed E-state index contributed by atoms with van der Waals surface area (Å²) in [5.74, 6) is 2.49. The van der Waals surface area contributed by atoms with Crippen LogP contribution in [-0.2, 0) is 11.3 Å². The van der Waals surface area contributed by atoms with Crippen LogP contribution in [0.15, 0.2) is 33.8 Å². The van der Waals surface area contributed by atoms with E-state index in [0.29, 0.717) is 41.3 Å². The monoisotopic (exact) mass is 428 g/mol. The Hall–Kier alpha value is -2.48. The fourth-order valence-electron chi connectivity index (χ4n) is 4.07. The van der Waals surface area contributed by atoms with E-state index in [1.54, 1.807) is 7.11 Å². The largest absolute Gasteiger partial charge is 0.493 e. The molecule has 0 atom stereocenters. The van der Waals surface area contributed by atoms with Gasteiger partial charge in [0.15, 0.2) is 22.2 Å². The molecule has 1 aliphatic rings. The number of furan rings is 1. The van der Waals surface area contributed by atoms with Gasteiger partial charge >= 0.3 is 0 Å². The summed E-state index contributed by atoms with van der Waals surface area (Å²) in [6, 6.07) is 8.10. The van der Waals surface area contributed by atoms with Gasteiger partial charge in [0.2, 0.25) is 11.7 Å². The predicted octanol–water partition coefficient (Wildman–Crippen LogP) is 4.60. The number of nitrogens with zero attached hydrogens (tertiary/aromatic N) is 4. The molecule has 0 bridgehead atoms. The topological polar surface area (TPSA) is 73.4 Å². The van der Waals surface area contributed by atoms with Crippen LogP contribution in [0.1, 0.15) is 39.0 Å². The second-order valence-electron chi connectivity index (χ2n) is 7.62. The van der Waals surface area contributed by atoms with Crippen LogP contribution < -0.4 is 4.74 Å². The Morgan fingerprint density at radius 1 is 1.30 bits per heavy atom. The Labute approximate surface area is 180 Å². The third-order valence-electron chi connectivity index (χ3n) is 5.82. The van der Waals surface area contributed by atoms with E-state index in [4.69, 9.17) is 9.15 Å². The van der Waals surface area contributed by atoms with Crippen LogP contribution >= 0.6 is 11.8 Å². The molecule has 2 heterocycles. The number of ether oxygens (including phenoxy) is 1. The zero-order valence-electron chi connectivity index (χ0n) is 17.8. The smallest absolute Gasteiger partial charge is 0.233 e. The molecule has 0 saturated heterocycles. The van der Waals surface area contributed by atoms with Gasteiger partial charge in [-0.2, -0.15) is 0 Å². The number of aromatic nitrogens is 3. The van der Waals surface area contributed by atoms with Crippen molar-refractivity contribution in [3.8, 4) is 17.3 Å². The van der Waals surface area contributed by atoms with Gasteiger partial charge in [0.1, 0.15) is 0 Å². The molecule has 1 amide bonds. The minimum atomic E-state index is 0.146. The maximum Gasteiger partial charge on any atom is 0.233 e. The van der Waals surface area contributed by atoms with Gasteiger partial charge in [0.25, 0.3) is 0 Å². The average molecular weight is 429 g/mol. The molecule has 30 heavy (non-hydrogen) atoms. The highest BCUT2D eigenvalue weighted by Gasteiger charge is 2.23. The van der Waals surface area contributed by atoms with Crippen LogP contribution in [0.2, 0.25) is 0 Å². The molecule has 0 unspecified atom stereocenters. The van der Waals surface area contributed by atoms with Crippen LogP contribution in [0, 0.1) is 0 Å². The van der Waals surface area contributed by atoms with Gasteiger partial charge in [-0.3, -0.25) is 9.36 Å². The van der Waals surface area contributed by atoms with Crippen LogP contribution in [0.5, 0.6) is 5.75 Å². The Bertz CT molecular complexity index is 1020. The van der Waals surface area contributed by atoms with Crippen molar-refractivity contribution in [3.63, 3.8) is 0 Å². The second-order valence-corrected chi connectivity index (χ2v) is 8.57. The molecule has 0 spiro atoms. The Morgan fingerprint density at radius 2 is 2.10 bits per heavy atom. The van der Waals surface area contributed by atoms with E-state index in [1.807, 2.05) is 47.7 Å². The average Bonchev–Trinajstić information content (AvgIpc) is 3.40. The van der Waals surface area contributed by atoms with Crippen LogP contribution in [0.3, 0.4) is 0 Å². The molecule has 1 aliphatic carbocycles. The lowest BCUT2D eigenvalue weighted by Gasteiger charge is -2.31. The minimum Gasteiger partial charge on any atom is -0.493 e. The highest BCUT2D eigenvalue weighted by molar-refractivity contribution is 7.99. The van der Waals surface area contributed by atoms with E-state index in [9.17, 15) is 4.79 Å². The van der Waals surface area contributed by atoms with E-state index in [2.05, 4.69) is 10.2 Å². The van der Waals surface area contributed by atoms with E-state index in [1.165, 1.54) is 31.0 Å². The molecule has 7 nitrogen and oxygen atoms in total. The molecule has 0 aliphatic heterocycles. The summed E-state index contributed by atoms with van der Waals surface area (Å²) >= 11 is 1.43. The molecular formula is C22H28N4O3S.